The third-order valence-corrected chi connectivity index (χ3v) is 6.51. The van der Waals surface area contributed by atoms with Crippen LogP contribution in [0.15, 0.2) is 24.3 Å². The van der Waals surface area contributed by atoms with E-state index >= 15 is 0 Å². The molecular formula is C29H51NO4. The van der Waals surface area contributed by atoms with E-state index < -0.39 is 0 Å². The van der Waals surface area contributed by atoms with Crippen LogP contribution in [0.2, 0.25) is 0 Å². The molecule has 34 heavy (non-hydrogen) atoms. The summed E-state index contributed by atoms with van der Waals surface area (Å²) in [5, 5.41) is 10.7. The van der Waals surface area contributed by atoms with Crippen LogP contribution in [-0.2, 0) is 16.1 Å². The van der Waals surface area contributed by atoms with E-state index in [1.807, 2.05) is 12.1 Å². The topological polar surface area (TPSA) is 59.0 Å². The molecule has 1 aromatic carbocycles. The SMILES string of the molecule is CCCCCCCCCCCCC(O)CN(CCCCCC(=O)OC)Cc1ccc(OC)cc1. The molecule has 0 saturated heterocycles. The Morgan fingerprint density at radius 3 is 2.03 bits per heavy atom. The summed E-state index contributed by atoms with van der Waals surface area (Å²) < 4.78 is 9.99. The van der Waals surface area contributed by atoms with E-state index in [9.17, 15) is 9.90 Å². The number of nitrogens with zero attached hydrogens (tertiary/aromatic N) is 1. The van der Waals surface area contributed by atoms with Crippen LogP contribution in [0.5, 0.6) is 5.75 Å². The number of aliphatic hydroxyl groups is 1. The number of hydrogen-bond acceptors (Lipinski definition) is 5. The molecular weight excluding hydrogens is 426 g/mol. The number of methoxy groups -OCH3 is 2. The molecule has 5 nitrogen and oxygen atoms in total. The van der Waals surface area contributed by atoms with Crippen LogP contribution in [0, 0.1) is 0 Å². The van der Waals surface area contributed by atoms with Gasteiger partial charge in [-0.25, -0.2) is 0 Å². The van der Waals surface area contributed by atoms with Crippen molar-refractivity contribution in [1.29, 1.82) is 0 Å². The van der Waals surface area contributed by atoms with Crippen LogP contribution in [0.25, 0.3) is 0 Å². The van der Waals surface area contributed by atoms with E-state index in [2.05, 4.69) is 24.0 Å². The van der Waals surface area contributed by atoms with Gasteiger partial charge in [0, 0.05) is 19.5 Å². The van der Waals surface area contributed by atoms with E-state index in [4.69, 9.17) is 9.47 Å². The van der Waals surface area contributed by atoms with E-state index in [-0.39, 0.29) is 12.1 Å². The minimum absolute atomic E-state index is 0.137. The number of hydrogen-bond donors (Lipinski definition) is 1. The monoisotopic (exact) mass is 477 g/mol. The number of rotatable bonds is 22. The van der Waals surface area contributed by atoms with Gasteiger partial charge in [0.25, 0.3) is 0 Å². The molecule has 0 amide bonds. The van der Waals surface area contributed by atoms with Crippen LogP contribution < -0.4 is 4.74 Å². The molecule has 0 aromatic heterocycles. The van der Waals surface area contributed by atoms with E-state index in [0.29, 0.717) is 13.0 Å². The van der Waals surface area contributed by atoms with Crippen molar-refractivity contribution in [3.8, 4) is 5.75 Å². The number of benzene rings is 1. The highest BCUT2D eigenvalue weighted by Crippen LogP contribution is 2.16. The standard InChI is InChI=1S/C29H51NO4/c1-4-5-6-7-8-9-10-11-12-14-17-27(31)25-30(23-16-13-15-18-29(32)34-3)24-26-19-21-28(33-2)22-20-26/h19-22,27,31H,4-18,23-25H2,1-3H3. The summed E-state index contributed by atoms with van der Waals surface area (Å²) in [4.78, 5) is 13.7. The molecule has 1 N–H and O–H groups in total. The Kier molecular flexibility index (Phi) is 18.6. The molecule has 5 heteroatoms. The van der Waals surface area contributed by atoms with Crippen molar-refractivity contribution in [3.63, 3.8) is 0 Å². The zero-order chi connectivity index (χ0) is 24.9. The summed E-state index contributed by atoms with van der Waals surface area (Å²) in [6.07, 6.45) is 17.1. The Labute approximate surface area is 209 Å². The molecule has 0 fully saturated rings. The molecule has 1 aromatic rings. The summed E-state index contributed by atoms with van der Waals surface area (Å²) in [5.74, 6) is 0.723. The maximum Gasteiger partial charge on any atom is 0.305 e. The first-order chi connectivity index (χ1) is 16.6. The average molecular weight is 478 g/mol. The van der Waals surface area contributed by atoms with Crippen molar-refractivity contribution in [2.45, 2.75) is 116 Å². The molecule has 196 valence electrons. The number of esters is 1. The van der Waals surface area contributed by atoms with E-state index in [0.717, 1.165) is 50.9 Å². The van der Waals surface area contributed by atoms with Gasteiger partial charge >= 0.3 is 5.97 Å². The lowest BCUT2D eigenvalue weighted by Crippen LogP contribution is -2.33. The number of aliphatic hydroxyl groups excluding tert-OH is 1. The number of carbonyl (C=O) groups is 1. The Bertz CT molecular complexity index is 605. The van der Waals surface area contributed by atoms with Crippen LogP contribution in [0.1, 0.15) is 109 Å². The second-order valence-corrected chi connectivity index (χ2v) is 9.59. The molecule has 0 bridgehead atoms. The van der Waals surface area contributed by atoms with Gasteiger partial charge in [0.2, 0.25) is 0 Å². The second-order valence-electron chi connectivity index (χ2n) is 9.59. The van der Waals surface area contributed by atoms with Gasteiger partial charge < -0.3 is 14.6 Å². The minimum Gasteiger partial charge on any atom is -0.497 e. The van der Waals surface area contributed by atoms with Gasteiger partial charge in [-0.3, -0.25) is 9.69 Å². The molecule has 0 radical (unpaired) electrons. The second kappa shape index (κ2) is 20.8. The zero-order valence-electron chi connectivity index (χ0n) is 22.2. The van der Waals surface area contributed by atoms with E-state index in [1.54, 1.807) is 7.11 Å². The summed E-state index contributed by atoms with van der Waals surface area (Å²) >= 11 is 0. The van der Waals surface area contributed by atoms with Gasteiger partial charge in [0.05, 0.1) is 20.3 Å². The maximum absolute atomic E-state index is 11.3. The van der Waals surface area contributed by atoms with Crippen LogP contribution in [0.4, 0.5) is 0 Å². The third-order valence-electron chi connectivity index (χ3n) is 6.51. The molecule has 1 atom stereocenters. The Morgan fingerprint density at radius 2 is 1.44 bits per heavy atom. The fraction of sp³-hybridized carbons (Fsp3) is 0.759. The smallest absolute Gasteiger partial charge is 0.305 e. The first-order valence-electron chi connectivity index (χ1n) is 13.7. The number of unbranched alkanes of at least 4 members (excludes halogenated alkanes) is 11. The average Bonchev–Trinajstić information content (AvgIpc) is 2.85. The fourth-order valence-corrected chi connectivity index (χ4v) is 4.36. The van der Waals surface area contributed by atoms with Gasteiger partial charge in [0.15, 0.2) is 0 Å². The Morgan fingerprint density at radius 1 is 0.853 bits per heavy atom. The third kappa shape index (κ3) is 16.1. The summed E-state index contributed by atoms with van der Waals surface area (Å²) in [7, 11) is 3.12. The van der Waals surface area contributed by atoms with Crippen molar-refractivity contribution in [1.82, 2.24) is 4.90 Å². The van der Waals surface area contributed by atoms with E-state index in [1.165, 1.54) is 70.5 Å². The van der Waals surface area contributed by atoms with Crippen LogP contribution >= 0.6 is 0 Å². The lowest BCUT2D eigenvalue weighted by molar-refractivity contribution is -0.140. The number of carbonyl (C=O) groups excluding carboxylic acids is 1. The summed E-state index contributed by atoms with van der Waals surface area (Å²) in [6.45, 7) is 4.69. The summed E-state index contributed by atoms with van der Waals surface area (Å²) in [5.41, 5.74) is 1.22. The Balaban J connectivity index is 2.32. The van der Waals surface area contributed by atoms with Gasteiger partial charge in [-0.05, 0) is 43.5 Å². The molecule has 0 aliphatic rings. The lowest BCUT2D eigenvalue weighted by Gasteiger charge is -2.25. The normalized spacial score (nSPS) is 12.1. The van der Waals surface area contributed by atoms with Crippen molar-refractivity contribution in [2.24, 2.45) is 0 Å². The molecule has 0 heterocycles. The summed E-state index contributed by atoms with van der Waals surface area (Å²) in [6, 6.07) is 8.17. The minimum atomic E-state index is -0.289. The number of ether oxygens (including phenoxy) is 2. The van der Waals surface area contributed by atoms with Crippen LogP contribution in [-0.4, -0.2) is 49.4 Å². The predicted octanol–water partition coefficient (Wildman–Crippen LogP) is 6.90. The molecule has 0 aliphatic heterocycles. The predicted molar refractivity (Wildman–Crippen MR) is 141 cm³/mol. The highest BCUT2D eigenvalue weighted by molar-refractivity contribution is 5.68. The quantitative estimate of drug-likeness (QED) is 0.145. The van der Waals surface area contributed by atoms with Crippen molar-refractivity contribution >= 4 is 5.97 Å². The van der Waals surface area contributed by atoms with Crippen molar-refractivity contribution in [3.05, 3.63) is 29.8 Å². The first-order valence-corrected chi connectivity index (χ1v) is 13.7. The van der Waals surface area contributed by atoms with Crippen LogP contribution in [0.3, 0.4) is 0 Å². The largest absolute Gasteiger partial charge is 0.497 e. The highest BCUT2D eigenvalue weighted by atomic mass is 16.5. The molecule has 1 unspecified atom stereocenters. The van der Waals surface area contributed by atoms with Crippen molar-refractivity contribution < 1.29 is 19.4 Å². The zero-order valence-corrected chi connectivity index (χ0v) is 22.2. The lowest BCUT2D eigenvalue weighted by atomic mass is 10.0. The molecule has 0 spiro atoms. The maximum atomic E-state index is 11.3. The van der Waals surface area contributed by atoms with Crippen molar-refractivity contribution in [2.75, 3.05) is 27.3 Å². The van der Waals surface area contributed by atoms with Gasteiger partial charge in [-0.1, -0.05) is 89.7 Å². The fourth-order valence-electron chi connectivity index (χ4n) is 4.36. The van der Waals surface area contributed by atoms with Gasteiger partial charge in [-0.15, -0.1) is 0 Å². The molecule has 1 rings (SSSR count). The molecule has 0 aliphatic carbocycles. The molecule has 0 saturated carbocycles. The Hall–Kier alpha value is -1.59. The van der Waals surface area contributed by atoms with Gasteiger partial charge in [-0.2, -0.15) is 0 Å². The van der Waals surface area contributed by atoms with Gasteiger partial charge in [0.1, 0.15) is 5.75 Å². The first kappa shape index (κ1) is 30.4. The highest BCUT2D eigenvalue weighted by Gasteiger charge is 2.13.